The molecule has 1 amide bonds. The van der Waals surface area contributed by atoms with Crippen LogP contribution in [-0.2, 0) is 33.3 Å². The molecule has 12 nitrogen and oxygen atoms in total. The molecule has 0 radical (unpaired) electrons. The summed E-state index contributed by atoms with van der Waals surface area (Å²) < 4.78 is 36.7. The van der Waals surface area contributed by atoms with E-state index in [-0.39, 0.29) is 18.3 Å². The number of aliphatic hydroxyl groups is 2. The Labute approximate surface area is 342 Å². The molecule has 7 rings (SSSR count). The maximum absolute atomic E-state index is 15.2. The van der Waals surface area contributed by atoms with Gasteiger partial charge in [-0.2, -0.15) is 0 Å². The van der Waals surface area contributed by atoms with E-state index in [1.165, 1.54) is 4.90 Å². The fraction of sp³-hybridized carbons (Fsp3) is 0.630. The van der Waals surface area contributed by atoms with Crippen molar-refractivity contribution in [3.05, 3.63) is 76.9 Å². The lowest BCUT2D eigenvalue weighted by atomic mass is 9.40. The Morgan fingerprint density at radius 3 is 2.19 bits per heavy atom. The van der Waals surface area contributed by atoms with Crippen molar-refractivity contribution in [3.8, 4) is 5.75 Å². The fourth-order valence-corrected chi connectivity index (χ4v) is 11.8. The third kappa shape index (κ3) is 6.31. The van der Waals surface area contributed by atoms with Crippen LogP contribution in [0.3, 0.4) is 0 Å². The van der Waals surface area contributed by atoms with Crippen LogP contribution in [0.1, 0.15) is 98.6 Å². The number of aliphatic hydroxyl groups excluding tert-OH is 1. The van der Waals surface area contributed by atoms with E-state index < -0.39 is 94.5 Å². The summed E-state index contributed by atoms with van der Waals surface area (Å²) in [6.45, 7) is 17.0. The number of rotatable bonds is 7. The van der Waals surface area contributed by atoms with Crippen LogP contribution in [0.2, 0.25) is 0 Å². The maximum atomic E-state index is 15.2. The lowest BCUT2D eigenvalue weighted by Gasteiger charge is -2.69. The number of hydrogen-bond donors (Lipinski definition) is 2. The minimum atomic E-state index is -1.52. The average molecular weight is 804 g/mol. The first kappa shape index (κ1) is 42.3. The summed E-state index contributed by atoms with van der Waals surface area (Å²) in [5.41, 5.74) is -2.53. The van der Waals surface area contributed by atoms with Crippen LogP contribution in [0.4, 0.5) is 4.79 Å². The highest BCUT2D eigenvalue weighted by Gasteiger charge is 2.73. The zero-order chi connectivity index (χ0) is 42.3. The van der Waals surface area contributed by atoms with Crippen molar-refractivity contribution in [1.29, 1.82) is 0 Å². The molecule has 12 atom stereocenters. The van der Waals surface area contributed by atoms with Crippen molar-refractivity contribution in [2.75, 3.05) is 27.4 Å². The van der Waals surface area contributed by atoms with Gasteiger partial charge in [0.15, 0.2) is 18.1 Å². The Kier molecular flexibility index (Phi) is 10.7. The average Bonchev–Trinajstić information content (AvgIpc) is 3.58. The Morgan fingerprint density at radius 2 is 1.64 bits per heavy atom. The molecule has 2 aromatic carbocycles. The van der Waals surface area contributed by atoms with Crippen LogP contribution in [0.25, 0.3) is 0 Å². The summed E-state index contributed by atoms with van der Waals surface area (Å²) >= 11 is 0. The van der Waals surface area contributed by atoms with E-state index >= 15 is 4.79 Å². The minimum absolute atomic E-state index is 0.0286. The van der Waals surface area contributed by atoms with Crippen LogP contribution in [-0.4, -0.2) is 96.0 Å². The van der Waals surface area contributed by atoms with Crippen molar-refractivity contribution in [3.63, 3.8) is 0 Å². The van der Waals surface area contributed by atoms with E-state index in [1.807, 2.05) is 65.0 Å². The van der Waals surface area contributed by atoms with Crippen molar-refractivity contribution in [2.24, 2.45) is 34.0 Å². The number of carbonyl (C=O) groups excluding carboxylic acids is 3. The number of nitrogens with zero attached hydrogens (tertiary/aromatic N) is 1. The van der Waals surface area contributed by atoms with Gasteiger partial charge in [-0.05, 0) is 75.3 Å². The largest absolute Gasteiger partial charge is 0.497 e. The lowest BCUT2D eigenvalue weighted by Crippen LogP contribution is -2.75. The van der Waals surface area contributed by atoms with Gasteiger partial charge in [0.25, 0.3) is 0 Å². The number of methoxy groups -OCH3 is 2. The summed E-state index contributed by atoms with van der Waals surface area (Å²) in [4.78, 5) is 45.8. The van der Waals surface area contributed by atoms with Gasteiger partial charge in [0, 0.05) is 36.3 Å². The third-order valence-electron chi connectivity index (χ3n) is 14.6. The zero-order valence-corrected chi connectivity index (χ0v) is 35.7. The van der Waals surface area contributed by atoms with Crippen LogP contribution < -0.4 is 4.74 Å². The van der Waals surface area contributed by atoms with E-state index in [0.717, 1.165) is 0 Å². The second kappa shape index (κ2) is 14.7. The Bertz CT molecular complexity index is 1940. The van der Waals surface area contributed by atoms with Crippen molar-refractivity contribution in [1.82, 2.24) is 4.90 Å². The van der Waals surface area contributed by atoms with E-state index in [2.05, 4.69) is 6.92 Å². The van der Waals surface area contributed by atoms with E-state index in [0.29, 0.717) is 41.1 Å². The van der Waals surface area contributed by atoms with Crippen LogP contribution in [0, 0.1) is 34.0 Å². The highest BCUT2D eigenvalue weighted by Crippen LogP contribution is 2.68. The molecule has 58 heavy (non-hydrogen) atoms. The molecule has 2 aliphatic heterocycles. The molecule has 2 saturated heterocycles. The quantitative estimate of drug-likeness (QED) is 0.227. The number of Topliss-reactive ketones (excluding diaryl/α,β-unsaturated/α-hetero) is 1. The first-order valence-electron chi connectivity index (χ1n) is 20.5. The monoisotopic (exact) mass is 803 g/mol. The molecule has 2 saturated carbocycles. The number of ether oxygens (including phenoxy) is 6. The van der Waals surface area contributed by atoms with Gasteiger partial charge in [-0.15, -0.1) is 0 Å². The second-order valence-electron chi connectivity index (χ2n) is 19.1. The van der Waals surface area contributed by atoms with Crippen LogP contribution in [0.5, 0.6) is 5.75 Å². The van der Waals surface area contributed by atoms with Gasteiger partial charge in [-0.25, -0.2) is 9.59 Å². The predicted molar refractivity (Wildman–Crippen MR) is 213 cm³/mol. The second-order valence-corrected chi connectivity index (χ2v) is 19.1. The van der Waals surface area contributed by atoms with Gasteiger partial charge in [0.05, 0.1) is 49.5 Å². The van der Waals surface area contributed by atoms with Gasteiger partial charge in [-0.3, -0.25) is 9.69 Å². The molecule has 12 heteroatoms. The Balaban J connectivity index is 1.33. The molecule has 2 aromatic rings. The first-order valence-corrected chi connectivity index (χ1v) is 20.5. The molecule has 3 aliphatic carbocycles. The van der Waals surface area contributed by atoms with Gasteiger partial charge < -0.3 is 38.6 Å². The Hall–Kier alpha value is -3.81. The summed E-state index contributed by atoms with van der Waals surface area (Å²) in [7, 11) is 3.17. The number of fused-ring (bicyclic) bond motifs is 5. The molecular weight excluding hydrogens is 743 g/mol. The molecule has 2 N–H and O–H groups in total. The van der Waals surface area contributed by atoms with Gasteiger partial charge in [0.1, 0.15) is 23.5 Å². The number of benzene rings is 2. The van der Waals surface area contributed by atoms with E-state index in [9.17, 15) is 19.8 Å². The molecule has 0 aromatic heterocycles. The van der Waals surface area contributed by atoms with E-state index in [4.69, 9.17) is 28.4 Å². The molecule has 4 unspecified atom stereocenters. The number of esters is 1. The number of hydrogen-bond acceptors (Lipinski definition) is 11. The SMILES string of the molecule is COc1ccc(C2OC(C(=O)O[C@H]3C[C@@]4(O)[C@@H](C)C5[C@]6(C)CO[C@@H]6C[C@H](OC)[C@@]5(C)C(=O)[C@H](CO)C(=C3C)C4(C)C)C(c3ccccc3)N2C(=O)OC(C)(C)C)cc1. The molecule has 5 aliphatic rings. The number of amides is 1. The summed E-state index contributed by atoms with van der Waals surface area (Å²) in [5.74, 6) is -2.19. The van der Waals surface area contributed by atoms with Crippen molar-refractivity contribution < 1.29 is 53.0 Å². The maximum Gasteiger partial charge on any atom is 0.413 e. The standard InChI is InChI=1S/C46H61NO11/c1-25-31(22-46(52)26(2)37-44(8)24-55-32(44)21-33(54-11)45(37,9)38(49)30(23-48)34(25)43(46,6)7)56-40(50)36-35(27-15-13-12-14-16-27)47(41(51)58-42(3,4)5)39(57-36)28-17-19-29(53-10)20-18-28/h12-20,26,30-33,35-37,39,48,52H,21-24H2,1-11H3/t26-,30+,31-,32+,33-,35?,36?,37?,39?,44+,45+,46+/m0/s1. The smallest absolute Gasteiger partial charge is 0.413 e. The zero-order valence-electron chi connectivity index (χ0n) is 35.7. The van der Waals surface area contributed by atoms with Gasteiger partial charge >= 0.3 is 12.1 Å². The summed E-state index contributed by atoms with van der Waals surface area (Å²) in [6, 6.07) is 15.2. The lowest BCUT2D eigenvalue weighted by molar-refractivity contribution is -0.304. The molecule has 2 bridgehead atoms. The number of ketones is 1. The molecular formula is C46H61NO11. The van der Waals surface area contributed by atoms with Crippen molar-refractivity contribution >= 4 is 17.8 Å². The van der Waals surface area contributed by atoms with Crippen molar-refractivity contribution in [2.45, 2.75) is 123 Å². The predicted octanol–water partition coefficient (Wildman–Crippen LogP) is 6.73. The van der Waals surface area contributed by atoms with Gasteiger partial charge in [-0.1, -0.05) is 70.2 Å². The molecule has 0 spiro atoms. The van der Waals surface area contributed by atoms with Crippen LogP contribution in [0.15, 0.2) is 65.7 Å². The van der Waals surface area contributed by atoms with Crippen LogP contribution >= 0.6 is 0 Å². The third-order valence-corrected chi connectivity index (χ3v) is 14.6. The highest BCUT2D eigenvalue weighted by atomic mass is 16.6. The highest BCUT2D eigenvalue weighted by molar-refractivity contribution is 5.91. The fourth-order valence-electron chi connectivity index (χ4n) is 11.8. The molecule has 2 heterocycles. The minimum Gasteiger partial charge on any atom is -0.497 e. The summed E-state index contributed by atoms with van der Waals surface area (Å²) in [6.07, 6.45) is -4.15. The topological polar surface area (TPSA) is 150 Å². The first-order chi connectivity index (χ1) is 27.2. The summed E-state index contributed by atoms with van der Waals surface area (Å²) in [5, 5.41) is 24.6. The normalized spacial score (nSPS) is 38.1. The molecule has 4 fully saturated rings. The Morgan fingerprint density at radius 1 is 0.983 bits per heavy atom. The van der Waals surface area contributed by atoms with Gasteiger partial charge in [0.2, 0.25) is 0 Å². The van der Waals surface area contributed by atoms with E-state index in [1.54, 1.807) is 59.3 Å². The molecule has 316 valence electrons. The number of carbonyl (C=O) groups is 3.